The van der Waals surface area contributed by atoms with Crippen molar-refractivity contribution in [1.29, 1.82) is 0 Å². The number of furan rings is 1. The van der Waals surface area contributed by atoms with Gasteiger partial charge >= 0.3 is 0 Å². The Morgan fingerprint density at radius 2 is 1.77 bits per heavy atom. The Morgan fingerprint density at radius 3 is 2.49 bits per heavy atom. The average Bonchev–Trinajstić information content (AvgIpc) is 3.52. The van der Waals surface area contributed by atoms with Crippen LogP contribution in [0.2, 0.25) is 0 Å². The maximum Gasteiger partial charge on any atom is 0.290 e. The minimum absolute atomic E-state index is 0.00325. The molecular formula is C29H32N2O8. The number of hydrogen-bond donors (Lipinski definition) is 1. The lowest BCUT2D eigenvalue weighted by molar-refractivity contribution is -0.129. The Morgan fingerprint density at radius 1 is 1.00 bits per heavy atom. The van der Waals surface area contributed by atoms with Gasteiger partial charge in [-0.1, -0.05) is 12.1 Å². The predicted molar refractivity (Wildman–Crippen MR) is 143 cm³/mol. The summed E-state index contributed by atoms with van der Waals surface area (Å²) in [5.74, 6) is -0.334. The fourth-order valence-corrected chi connectivity index (χ4v) is 5.22. The number of hydrogen-bond acceptors (Lipinski definition) is 9. The van der Waals surface area contributed by atoms with Gasteiger partial charge in [0.25, 0.3) is 5.91 Å². The fraction of sp³-hybridized carbons (Fsp3) is 0.379. The van der Waals surface area contributed by atoms with Gasteiger partial charge in [-0.15, -0.1) is 0 Å². The first-order chi connectivity index (χ1) is 19.0. The first-order valence-corrected chi connectivity index (χ1v) is 12.8. The maximum atomic E-state index is 13.9. The maximum absolute atomic E-state index is 13.9. The highest BCUT2D eigenvalue weighted by Crippen LogP contribution is 2.44. The summed E-state index contributed by atoms with van der Waals surface area (Å²) in [5, 5.41) is 11.8. The lowest BCUT2D eigenvalue weighted by Gasteiger charge is -2.30. The molecule has 3 heterocycles. The fourth-order valence-electron chi connectivity index (χ4n) is 5.22. The van der Waals surface area contributed by atoms with E-state index in [1.54, 1.807) is 49.6 Å². The molecular weight excluding hydrogens is 504 g/mol. The van der Waals surface area contributed by atoms with E-state index >= 15 is 0 Å². The van der Waals surface area contributed by atoms with Gasteiger partial charge < -0.3 is 33.4 Å². The van der Waals surface area contributed by atoms with E-state index in [-0.39, 0.29) is 11.3 Å². The molecule has 1 aromatic heterocycles. The summed E-state index contributed by atoms with van der Waals surface area (Å²) in [4.78, 5) is 31.2. The van der Waals surface area contributed by atoms with Crippen LogP contribution in [0.15, 0.2) is 58.2 Å². The molecule has 2 aliphatic heterocycles. The van der Waals surface area contributed by atoms with Crippen molar-refractivity contribution >= 4 is 22.7 Å². The number of para-hydroxylation sites is 1. The molecule has 1 saturated heterocycles. The van der Waals surface area contributed by atoms with Crippen LogP contribution in [0.25, 0.3) is 11.0 Å². The van der Waals surface area contributed by atoms with E-state index in [1.165, 1.54) is 19.1 Å². The van der Waals surface area contributed by atoms with Crippen molar-refractivity contribution in [3.63, 3.8) is 0 Å². The molecule has 0 aliphatic carbocycles. The normalized spacial score (nSPS) is 18.2. The van der Waals surface area contributed by atoms with Crippen molar-refractivity contribution in [2.45, 2.75) is 12.5 Å². The van der Waals surface area contributed by atoms with E-state index in [4.69, 9.17) is 23.4 Å². The van der Waals surface area contributed by atoms with Gasteiger partial charge in [-0.05, 0) is 30.7 Å². The van der Waals surface area contributed by atoms with Crippen LogP contribution in [-0.4, -0.2) is 87.3 Å². The van der Waals surface area contributed by atoms with E-state index in [0.29, 0.717) is 60.0 Å². The van der Waals surface area contributed by atoms with Crippen LogP contribution in [0.1, 0.15) is 28.6 Å². The molecule has 0 radical (unpaired) electrons. The quantitative estimate of drug-likeness (QED) is 0.387. The van der Waals surface area contributed by atoms with Crippen molar-refractivity contribution in [2.24, 2.45) is 0 Å². The number of carbonyl (C=O) groups is 2. The second kappa shape index (κ2) is 11.4. The van der Waals surface area contributed by atoms with Crippen LogP contribution in [-0.2, 0) is 9.53 Å². The molecule has 0 saturated carbocycles. The van der Waals surface area contributed by atoms with E-state index in [9.17, 15) is 14.7 Å². The minimum Gasteiger partial charge on any atom is -0.503 e. The van der Waals surface area contributed by atoms with Gasteiger partial charge in [-0.3, -0.25) is 14.5 Å². The Hall–Kier alpha value is -4.02. The molecule has 1 fully saturated rings. The number of ether oxygens (including phenoxy) is 4. The van der Waals surface area contributed by atoms with Gasteiger partial charge in [0.2, 0.25) is 5.78 Å². The molecule has 10 heteroatoms. The zero-order valence-corrected chi connectivity index (χ0v) is 22.3. The van der Waals surface area contributed by atoms with E-state index in [2.05, 4.69) is 4.90 Å². The number of methoxy groups -OCH3 is 3. The van der Waals surface area contributed by atoms with Crippen molar-refractivity contribution in [3.05, 3.63) is 65.1 Å². The summed E-state index contributed by atoms with van der Waals surface area (Å²) in [6.07, 6.45) is 0.650. The van der Waals surface area contributed by atoms with E-state index in [0.717, 1.165) is 19.6 Å². The van der Waals surface area contributed by atoms with Crippen molar-refractivity contribution in [3.8, 4) is 17.2 Å². The van der Waals surface area contributed by atoms with Gasteiger partial charge in [-0.25, -0.2) is 0 Å². The van der Waals surface area contributed by atoms with Gasteiger partial charge in [0.05, 0.1) is 46.2 Å². The van der Waals surface area contributed by atoms with E-state index < -0.39 is 23.5 Å². The minimum atomic E-state index is -0.884. The third-order valence-electron chi connectivity index (χ3n) is 7.21. The first kappa shape index (κ1) is 26.6. The highest BCUT2D eigenvalue weighted by Gasteiger charge is 2.45. The number of rotatable bonds is 10. The highest BCUT2D eigenvalue weighted by atomic mass is 16.5. The van der Waals surface area contributed by atoms with Crippen molar-refractivity contribution in [1.82, 2.24) is 9.80 Å². The topological polar surface area (TPSA) is 111 Å². The molecule has 2 aliphatic rings. The summed E-state index contributed by atoms with van der Waals surface area (Å²) in [7, 11) is 4.57. The number of fused-ring (bicyclic) bond motifs is 1. The number of benzene rings is 2. The van der Waals surface area contributed by atoms with Gasteiger partial charge in [-0.2, -0.15) is 0 Å². The molecule has 1 atom stereocenters. The van der Waals surface area contributed by atoms with Crippen LogP contribution in [0.4, 0.5) is 0 Å². The number of amides is 1. The third-order valence-corrected chi connectivity index (χ3v) is 7.21. The lowest BCUT2D eigenvalue weighted by atomic mass is 9.94. The molecule has 2 aromatic carbocycles. The zero-order valence-electron chi connectivity index (χ0n) is 22.3. The monoisotopic (exact) mass is 536 g/mol. The Kier molecular flexibility index (Phi) is 7.76. The van der Waals surface area contributed by atoms with Crippen LogP contribution >= 0.6 is 0 Å². The average molecular weight is 537 g/mol. The summed E-state index contributed by atoms with van der Waals surface area (Å²) >= 11 is 0. The van der Waals surface area contributed by atoms with Crippen LogP contribution in [0.5, 0.6) is 17.2 Å². The van der Waals surface area contributed by atoms with Crippen LogP contribution < -0.4 is 14.2 Å². The number of aliphatic hydroxyl groups excluding tert-OH is 1. The van der Waals surface area contributed by atoms with Gasteiger partial charge in [0.15, 0.2) is 22.9 Å². The molecule has 10 nitrogen and oxygen atoms in total. The van der Waals surface area contributed by atoms with Crippen molar-refractivity contribution < 1.29 is 38.1 Å². The Balaban J connectivity index is 1.52. The van der Waals surface area contributed by atoms with Crippen LogP contribution in [0.3, 0.4) is 0 Å². The number of aliphatic hydroxyl groups is 1. The SMILES string of the molecule is COc1ccc(C2C(C(=O)c3cc4cccc(OC)c4o3)=C(O)C(=O)N2CCCN2CCOCC2)c(OC)c1. The smallest absolute Gasteiger partial charge is 0.290 e. The zero-order chi connectivity index (χ0) is 27.5. The molecule has 0 spiro atoms. The number of nitrogens with zero attached hydrogens (tertiary/aromatic N) is 2. The third kappa shape index (κ3) is 5.05. The first-order valence-electron chi connectivity index (χ1n) is 12.8. The van der Waals surface area contributed by atoms with Gasteiger partial charge in [0.1, 0.15) is 11.5 Å². The molecule has 5 rings (SSSR count). The molecule has 39 heavy (non-hydrogen) atoms. The molecule has 1 unspecified atom stereocenters. The number of Topliss-reactive ketones (excluding diaryl/α,β-unsaturated/α-hetero) is 1. The number of morpholine rings is 1. The molecule has 206 valence electrons. The second-order valence-corrected chi connectivity index (χ2v) is 9.40. The number of carbonyl (C=O) groups excluding carboxylic acids is 2. The summed E-state index contributed by atoms with van der Waals surface area (Å²) < 4.78 is 27.7. The highest BCUT2D eigenvalue weighted by molar-refractivity contribution is 6.16. The molecule has 3 aromatic rings. The predicted octanol–water partition coefficient (Wildman–Crippen LogP) is 3.76. The molecule has 1 amide bonds. The lowest BCUT2D eigenvalue weighted by Crippen LogP contribution is -2.39. The molecule has 1 N–H and O–H groups in total. The second-order valence-electron chi connectivity index (χ2n) is 9.40. The van der Waals surface area contributed by atoms with Crippen LogP contribution in [0, 0.1) is 0 Å². The largest absolute Gasteiger partial charge is 0.503 e. The summed E-state index contributed by atoms with van der Waals surface area (Å²) in [6.45, 7) is 4.09. The number of ketones is 1. The van der Waals surface area contributed by atoms with Crippen molar-refractivity contribution in [2.75, 3.05) is 60.7 Å². The molecule has 0 bridgehead atoms. The summed E-state index contributed by atoms with van der Waals surface area (Å²) in [5.41, 5.74) is 0.903. The van der Waals surface area contributed by atoms with E-state index in [1.807, 2.05) is 0 Å². The Labute approximate surface area is 226 Å². The summed E-state index contributed by atoms with van der Waals surface area (Å²) in [6, 6.07) is 11.2. The Bertz CT molecular complexity index is 1410. The van der Waals surface area contributed by atoms with Gasteiger partial charge in [0, 0.05) is 43.2 Å². The standard InChI is InChI=1S/C29H32N2O8/c1-35-19-8-9-20(22(17-19)37-3)25-24(26(32)23-16-18-6-4-7-21(36-2)28(18)39-23)27(33)29(34)31(25)11-5-10-30-12-14-38-15-13-30/h4,6-9,16-17,25,33H,5,10-15H2,1-3H3.